The van der Waals surface area contributed by atoms with Crippen molar-refractivity contribution in [2.24, 2.45) is 0 Å². The van der Waals surface area contributed by atoms with Gasteiger partial charge in [-0.15, -0.1) is 0 Å². The molecule has 1 aromatic carbocycles. The van der Waals surface area contributed by atoms with E-state index in [1.165, 1.54) is 12.1 Å². The number of fused-ring (bicyclic) bond motifs is 1. The molecule has 2 heterocycles. The lowest BCUT2D eigenvalue weighted by Crippen LogP contribution is -2.42. The Bertz CT molecular complexity index is 415. The van der Waals surface area contributed by atoms with Gasteiger partial charge in [-0.25, -0.2) is 4.39 Å². The van der Waals surface area contributed by atoms with Gasteiger partial charge in [0, 0.05) is 24.9 Å². The zero-order valence-electron chi connectivity index (χ0n) is 8.87. The summed E-state index contributed by atoms with van der Waals surface area (Å²) in [5.74, 6) is 0.283. The van der Waals surface area contributed by atoms with Crippen LogP contribution in [0.2, 0.25) is 0 Å². The molecule has 0 amide bonds. The number of hydrogen-bond acceptors (Lipinski definition) is 3. The van der Waals surface area contributed by atoms with Crippen LogP contribution in [-0.2, 0) is 0 Å². The third-order valence-corrected chi connectivity index (χ3v) is 3.43. The summed E-state index contributed by atoms with van der Waals surface area (Å²) in [4.78, 5) is 0. The topological polar surface area (TPSA) is 41.5 Å². The molecule has 0 aliphatic carbocycles. The number of hydrogen-bond donors (Lipinski definition) is 2. The second-order valence-electron chi connectivity index (χ2n) is 4.61. The molecule has 16 heavy (non-hydrogen) atoms. The van der Waals surface area contributed by atoms with Gasteiger partial charge in [-0.2, -0.15) is 0 Å². The lowest BCUT2D eigenvalue weighted by atomic mass is 9.88. The molecule has 0 aromatic heterocycles. The maximum Gasteiger partial charge on any atom is 0.126 e. The van der Waals surface area contributed by atoms with Gasteiger partial charge < -0.3 is 15.2 Å². The SMILES string of the molecule is OC1CC2(CCNC2)Oc2ccc(F)cc21. The zero-order chi connectivity index (χ0) is 11.2. The Morgan fingerprint density at radius 1 is 1.50 bits per heavy atom. The number of benzene rings is 1. The third-order valence-electron chi connectivity index (χ3n) is 3.43. The average molecular weight is 223 g/mol. The number of aliphatic hydroxyl groups is 1. The van der Waals surface area contributed by atoms with Gasteiger partial charge in [0.15, 0.2) is 0 Å². The first-order valence-electron chi connectivity index (χ1n) is 5.56. The molecule has 1 aromatic rings. The van der Waals surface area contributed by atoms with Crippen molar-refractivity contribution in [3.05, 3.63) is 29.6 Å². The van der Waals surface area contributed by atoms with Gasteiger partial charge in [-0.1, -0.05) is 0 Å². The predicted molar refractivity (Wildman–Crippen MR) is 56.8 cm³/mol. The highest BCUT2D eigenvalue weighted by Crippen LogP contribution is 2.42. The van der Waals surface area contributed by atoms with Gasteiger partial charge >= 0.3 is 0 Å². The van der Waals surface area contributed by atoms with Crippen molar-refractivity contribution in [3.63, 3.8) is 0 Å². The van der Waals surface area contributed by atoms with E-state index in [1.54, 1.807) is 6.07 Å². The summed E-state index contributed by atoms with van der Waals surface area (Å²) in [6.07, 6.45) is 0.802. The van der Waals surface area contributed by atoms with E-state index in [9.17, 15) is 9.50 Å². The van der Waals surface area contributed by atoms with Crippen molar-refractivity contribution < 1.29 is 14.2 Å². The molecule has 2 atom stereocenters. The second kappa shape index (κ2) is 3.43. The number of ether oxygens (including phenoxy) is 1. The van der Waals surface area contributed by atoms with Crippen LogP contribution in [0.25, 0.3) is 0 Å². The standard InChI is InChI=1S/C12H14FNO2/c13-8-1-2-11-9(5-8)10(15)6-12(16-11)3-4-14-7-12/h1-2,5,10,14-15H,3-4,6-7H2. The third kappa shape index (κ3) is 1.49. The molecular formula is C12H14FNO2. The van der Waals surface area contributed by atoms with Crippen LogP contribution in [0.1, 0.15) is 24.5 Å². The van der Waals surface area contributed by atoms with Gasteiger partial charge in [0.1, 0.15) is 17.2 Å². The maximum atomic E-state index is 13.1. The summed E-state index contributed by atoms with van der Waals surface area (Å²) >= 11 is 0. The van der Waals surface area contributed by atoms with Crippen LogP contribution < -0.4 is 10.1 Å². The second-order valence-corrected chi connectivity index (χ2v) is 4.61. The molecule has 2 aliphatic heterocycles. The van der Waals surface area contributed by atoms with E-state index in [1.807, 2.05) is 0 Å². The van der Waals surface area contributed by atoms with Crippen LogP contribution in [0.4, 0.5) is 4.39 Å². The molecule has 4 heteroatoms. The fourth-order valence-corrected chi connectivity index (χ4v) is 2.59. The smallest absolute Gasteiger partial charge is 0.126 e. The lowest BCUT2D eigenvalue weighted by molar-refractivity contribution is -0.000551. The molecule has 2 aliphatic rings. The molecule has 1 spiro atoms. The number of halogens is 1. The van der Waals surface area contributed by atoms with Crippen LogP contribution in [0.3, 0.4) is 0 Å². The van der Waals surface area contributed by atoms with Crippen molar-refractivity contribution in [1.29, 1.82) is 0 Å². The summed E-state index contributed by atoms with van der Waals surface area (Å²) in [6.45, 7) is 1.66. The number of rotatable bonds is 0. The summed E-state index contributed by atoms with van der Waals surface area (Å²) in [5.41, 5.74) is 0.266. The van der Waals surface area contributed by atoms with E-state index >= 15 is 0 Å². The Kier molecular flexibility index (Phi) is 2.16. The Labute approximate surface area is 93.2 Å². The van der Waals surface area contributed by atoms with E-state index in [2.05, 4.69) is 5.32 Å². The normalized spacial score (nSPS) is 32.5. The van der Waals surface area contributed by atoms with E-state index in [-0.39, 0.29) is 11.4 Å². The van der Waals surface area contributed by atoms with Crippen molar-refractivity contribution in [1.82, 2.24) is 5.32 Å². The minimum atomic E-state index is -0.626. The number of aliphatic hydroxyl groups excluding tert-OH is 1. The van der Waals surface area contributed by atoms with Crippen molar-refractivity contribution in [2.45, 2.75) is 24.5 Å². The van der Waals surface area contributed by atoms with Crippen LogP contribution in [0.15, 0.2) is 18.2 Å². The molecule has 0 bridgehead atoms. The van der Waals surface area contributed by atoms with E-state index < -0.39 is 6.10 Å². The Hall–Kier alpha value is -1.13. The molecule has 2 unspecified atom stereocenters. The van der Waals surface area contributed by atoms with E-state index in [0.29, 0.717) is 17.7 Å². The molecule has 1 fully saturated rings. The summed E-state index contributed by atoms with van der Waals surface area (Å²) in [6, 6.07) is 4.33. The van der Waals surface area contributed by atoms with E-state index in [4.69, 9.17) is 4.74 Å². The molecule has 3 nitrogen and oxygen atoms in total. The Morgan fingerprint density at radius 2 is 2.38 bits per heavy atom. The van der Waals surface area contributed by atoms with Crippen LogP contribution >= 0.6 is 0 Å². The lowest BCUT2D eigenvalue weighted by Gasteiger charge is -2.37. The monoisotopic (exact) mass is 223 g/mol. The Morgan fingerprint density at radius 3 is 3.12 bits per heavy atom. The molecule has 0 radical (unpaired) electrons. The largest absolute Gasteiger partial charge is 0.485 e. The summed E-state index contributed by atoms with van der Waals surface area (Å²) in [7, 11) is 0. The van der Waals surface area contributed by atoms with E-state index in [0.717, 1.165) is 19.5 Å². The average Bonchev–Trinajstić information content (AvgIpc) is 2.68. The van der Waals surface area contributed by atoms with Gasteiger partial charge in [0.2, 0.25) is 0 Å². The predicted octanol–water partition coefficient (Wildman–Crippen LogP) is 1.37. The first-order valence-corrected chi connectivity index (χ1v) is 5.56. The fourth-order valence-electron chi connectivity index (χ4n) is 2.59. The summed E-state index contributed by atoms with van der Waals surface area (Å²) in [5, 5.41) is 13.3. The molecule has 1 saturated heterocycles. The van der Waals surface area contributed by atoms with Crippen molar-refractivity contribution in [3.8, 4) is 5.75 Å². The number of nitrogens with one attached hydrogen (secondary N) is 1. The quantitative estimate of drug-likeness (QED) is 0.698. The first kappa shape index (κ1) is 10.1. The van der Waals surface area contributed by atoms with Crippen molar-refractivity contribution >= 4 is 0 Å². The summed E-state index contributed by atoms with van der Waals surface area (Å²) < 4.78 is 19.0. The highest BCUT2D eigenvalue weighted by molar-refractivity contribution is 5.38. The van der Waals surface area contributed by atoms with Crippen LogP contribution in [0.5, 0.6) is 5.75 Å². The first-order chi connectivity index (χ1) is 7.69. The Balaban J connectivity index is 1.99. The van der Waals surface area contributed by atoms with Gasteiger partial charge in [0.05, 0.1) is 6.10 Å². The van der Waals surface area contributed by atoms with Crippen molar-refractivity contribution in [2.75, 3.05) is 13.1 Å². The minimum Gasteiger partial charge on any atom is -0.485 e. The molecular weight excluding hydrogens is 209 g/mol. The fraction of sp³-hybridized carbons (Fsp3) is 0.500. The maximum absolute atomic E-state index is 13.1. The molecule has 86 valence electrons. The molecule has 2 N–H and O–H groups in total. The van der Waals surface area contributed by atoms with Crippen LogP contribution in [0, 0.1) is 5.82 Å². The van der Waals surface area contributed by atoms with Crippen LogP contribution in [-0.4, -0.2) is 23.8 Å². The molecule has 0 saturated carbocycles. The highest BCUT2D eigenvalue weighted by atomic mass is 19.1. The highest BCUT2D eigenvalue weighted by Gasteiger charge is 2.42. The van der Waals surface area contributed by atoms with Gasteiger partial charge in [0.25, 0.3) is 0 Å². The zero-order valence-corrected chi connectivity index (χ0v) is 8.87. The minimum absolute atomic E-state index is 0.301. The van der Waals surface area contributed by atoms with Gasteiger partial charge in [-0.05, 0) is 24.7 Å². The van der Waals surface area contributed by atoms with Gasteiger partial charge in [-0.3, -0.25) is 0 Å². The molecule has 3 rings (SSSR count).